The molecule has 4 heteroatoms. The second-order valence-corrected chi connectivity index (χ2v) is 6.06. The molecular weight excluding hydrogens is 288 g/mol. The Kier molecular flexibility index (Phi) is 3.90. The molecule has 2 nitrogen and oxygen atoms in total. The molecule has 0 radical (unpaired) electrons. The van der Waals surface area contributed by atoms with E-state index in [0.717, 1.165) is 28.0 Å². The molecule has 0 fully saturated rings. The highest BCUT2D eigenvalue weighted by atomic mass is 35.5. The third kappa shape index (κ3) is 2.65. The van der Waals surface area contributed by atoms with E-state index < -0.39 is 0 Å². The Hall–Kier alpha value is -1.58. The third-order valence-electron chi connectivity index (χ3n) is 2.97. The lowest BCUT2D eigenvalue weighted by Gasteiger charge is -2.08. The van der Waals surface area contributed by atoms with Crippen LogP contribution in [0.3, 0.4) is 0 Å². The average Bonchev–Trinajstić information content (AvgIpc) is 2.48. The van der Waals surface area contributed by atoms with Gasteiger partial charge in [0.15, 0.2) is 0 Å². The Morgan fingerprint density at radius 3 is 2.80 bits per heavy atom. The lowest BCUT2D eigenvalue weighted by atomic mass is 10.1. The van der Waals surface area contributed by atoms with Gasteiger partial charge in [0.2, 0.25) is 0 Å². The molecule has 0 saturated carbocycles. The molecule has 100 valence electrons. The van der Waals surface area contributed by atoms with Gasteiger partial charge in [-0.25, -0.2) is 4.98 Å². The number of nitrogens with zero attached hydrogens (tertiary/aromatic N) is 2. The van der Waals surface area contributed by atoms with Gasteiger partial charge in [-0.1, -0.05) is 36.7 Å². The molecule has 0 bridgehead atoms. The molecule has 0 spiro atoms. The van der Waals surface area contributed by atoms with Crippen LogP contribution in [0.25, 0.3) is 22.3 Å². The van der Waals surface area contributed by atoms with E-state index >= 15 is 0 Å². The highest BCUT2D eigenvalue weighted by Gasteiger charge is 2.07. The largest absolute Gasteiger partial charge is 0.252 e. The van der Waals surface area contributed by atoms with Crippen molar-refractivity contribution in [3.8, 4) is 11.3 Å². The zero-order valence-electron chi connectivity index (χ0n) is 11.0. The van der Waals surface area contributed by atoms with E-state index in [2.05, 4.69) is 30.1 Å². The van der Waals surface area contributed by atoms with E-state index in [9.17, 15) is 0 Å². The molecule has 0 amide bonds. The number of hydrogen-bond acceptors (Lipinski definition) is 3. The van der Waals surface area contributed by atoms with E-state index in [1.165, 1.54) is 4.90 Å². The predicted molar refractivity (Wildman–Crippen MR) is 86.4 cm³/mol. The van der Waals surface area contributed by atoms with Gasteiger partial charge in [0.25, 0.3) is 0 Å². The summed E-state index contributed by atoms with van der Waals surface area (Å²) in [6, 6.07) is 13.9. The molecule has 0 N–H and O–H groups in total. The van der Waals surface area contributed by atoms with Gasteiger partial charge in [0.1, 0.15) is 0 Å². The van der Waals surface area contributed by atoms with Crippen LogP contribution in [0.2, 0.25) is 5.02 Å². The first-order valence-corrected chi connectivity index (χ1v) is 7.79. The number of halogens is 1. The normalized spacial score (nSPS) is 10.9. The molecule has 0 aliphatic carbocycles. The molecular formula is C16H13ClN2S. The molecule has 3 rings (SSSR count). The number of fused-ring (bicyclic) bond motifs is 1. The van der Waals surface area contributed by atoms with E-state index in [0.29, 0.717) is 5.02 Å². The fraction of sp³-hybridized carbons (Fsp3) is 0.125. The molecule has 3 aromatic rings. The van der Waals surface area contributed by atoms with Crippen LogP contribution in [-0.4, -0.2) is 15.7 Å². The van der Waals surface area contributed by atoms with Gasteiger partial charge < -0.3 is 0 Å². The summed E-state index contributed by atoms with van der Waals surface area (Å²) in [4.78, 5) is 10.4. The Balaban J connectivity index is 2.12. The number of hydrogen-bond donors (Lipinski definition) is 0. The van der Waals surface area contributed by atoms with Crippen molar-refractivity contribution in [2.24, 2.45) is 0 Å². The molecule has 1 heterocycles. The fourth-order valence-electron chi connectivity index (χ4n) is 2.07. The van der Waals surface area contributed by atoms with Crippen LogP contribution >= 0.6 is 23.4 Å². The van der Waals surface area contributed by atoms with Crippen molar-refractivity contribution in [2.45, 2.75) is 11.8 Å². The van der Waals surface area contributed by atoms with Gasteiger partial charge in [-0.3, -0.25) is 4.98 Å². The van der Waals surface area contributed by atoms with Crippen LogP contribution in [0.5, 0.6) is 0 Å². The van der Waals surface area contributed by atoms with E-state index in [1.807, 2.05) is 42.2 Å². The maximum Gasteiger partial charge on any atom is 0.0904 e. The number of rotatable bonds is 3. The molecule has 0 atom stereocenters. The van der Waals surface area contributed by atoms with Crippen molar-refractivity contribution >= 4 is 34.4 Å². The summed E-state index contributed by atoms with van der Waals surface area (Å²) in [7, 11) is 0. The zero-order chi connectivity index (χ0) is 13.9. The molecule has 0 unspecified atom stereocenters. The Morgan fingerprint density at radius 2 is 1.95 bits per heavy atom. The van der Waals surface area contributed by atoms with E-state index in [1.54, 1.807) is 0 Å². The fourth-order valence-corrected chi connectivity index (χ4v) is 3.05. The maximum atomic E-state index is 5.97. The molecule has 1 aromatic heterocycles. The molecule has 2 aromatic carbocycles. The summed E-state index contributed by atoms with van der Waals surface area (Å²) in [5.41, 5.74) is 3.71. The predicted octanol–water partition coefficient (Wildman–Crippen LogP) is 5.06. The smallest absolute Gasteiger partial charge is 0.0904 e. The standard InChI is InChI=1S/C16H13ClN2S/c1-2-20-16-6-4-3-5-12(16)15-10-18-14-9-11(17)7-8-13(14)19-15/h3-10H,2H2,1H3. The summed E-state index contributed by atoms with van der Waals surface area (Å²) in [5.74, 6) is 1.04. The maximum absolute atomic E-state index is 5.97. The lowest BCUT2D eigenvalue weighted by Crippen LogP contribution is -1.90. The van der Waals surface area contributed by atoms with Crippen LogP contribution in [-0.2, 0) is 0 Å². The lowest BCUT2D eigenvalue weighted by molar-refractivity contribution is 1.27. The first kappa shape index (κ1) is 13.4. The number of aromatic nitrogens is 2. The highest BCUT2D eigenvalue weighted by Crippen LogP contribution is 2.30. The van der Waals surface area contributed by atoms with Crippen molar-refractivity contribution in [3.63, 3.8) is 0 Å². The molecule has 20 heavy (non-hydrogen) atoms. The van der Waals surface area contributed by atoms with Crippen molar-refractivity contribution in [1.29, 1.82) is 0 Å². The van der Waals surface area contributed by atoms with Crippen LogP contribution in [0, 0.1) is 0 Å². The Morgan fingerprint density at radius 1 is 1.10 bits per heavy atom. The van der Waals surface area contributed by atoms with Crippen LogP contribution in [0.15, 0.2) is 53.6 Å². The van der Waals surface area contributed by atoms with Crippen LogP contribution in [0.4, 0.5) is 0 Å². The number of thioether (sulfide) groups is 1. The Bertz CT molecular complexity index is 758. The average molecular weight is 301 g/mol. The van der Waals surface area contributed by atoms with Crippen molar-refractivity contribution < 1.29 is 0 Å². The van der Waals surface area contributed by atoms with Crippen LogP contribution in [0.1, 0.15) is 6.92 Å². The number of benzene rings is 2. The highest BCUT2D eigenvalue weighted by molar-refractivity contribution is 7.99. The minimum Gasteiger partial charge on any atom is -0.252 e. The molecule has 0 saturated heterocycles. The van der Waals surface area contributed by atoms with Gasteiger partial charge >= 0.3 is 0 Å². The monoisotopic (exact) mass is 300 g/mol. The quantitative estimate of drug-likeness (QED) is 0.632. The first-order chi connectivity index (χ1) is 9.78. The minimum atomic E-state index is 0.682. The zero-order valence-corrected chi connectivity index (χ0v) is 12.6. The second kappa shape index (κ2) is 5.81. The van der Waals surface area contributed by atoms with Crippen molar-refractivity contribution in [3.05, 3.63) is 53.7 Å². The van der Waals surface area contributed by atoms with Gasteiger partial charge in [-0.2, -0.15) is 0 Å². The summed E-state index contributed by atoms with van der Waals surface area (Å²) < 4.78 is 0. The van der Waals surface area contributed by atoms with Crippen LogP contribution < -0.4 is 0 Å². The first-order valence-electron chi connectivity index (χ1n) is 6.42. The topological polar surface area (TPSA) is 25.8 Å². The SMILES string of the molecule is CCSc1ccccc1-c1cnc2cc(Cl)ccc2n1. The summed E-state index contributed by atoms with van der Waals surface area (Å²) in [5, 5.41) is 0.682. The Labute approximate surface area is 127 Å². The van der Waals surface area contributed by atoms with E-state index in [4.69, 9.17) is 16.6 Å². The molecule has 0 aliphatic heterocycles. The van der Waals surface area contributed by atoms with Crippen molar-refractivity contribution in [1.82, 2.24) is 9.97 Å². The second-order valence-electron chi connectivity index (χ2n) is 4.32. The summed E-state index contributed by atoms with van der Waals surface area (Å²) in [6.45, 7) is 2.15. The van der Waals surface area contributed by atoms with Crippen molar-refractivity contribution in [2.75, 3.05) is 5.75 Å². The van der Waals surface area contributed by atoms with Gasteiger partial charge in [-0.05, 0) is 30.0 Å². The van der Waals surface area contributed by atoms with E-state index in [-0.39, 0.29) is 0 Å². The summed E-state index contributed by atoms with van der Waals surface area (Å²) >= 11 is 7.79. The summed E-state index contributed by atoms with van der Waals surface area (Å²) in [6.07, 6.45) is 1.81. The van der Waals surface area contributed by atoms with Gasteiger partial charge in [0.05, 0.1) is 22.9 Å². The minimum absolute atomic E-state index is 0.682. The molecule has 0 aliphatic rings. The van der Waals surface area contributed by atoms with Gasteiger partial charge in [0, 0.05) is 15.5 Å². The third-order valence-corrected chi connectivity index (χ3v) is 4.16. The van der Waals surface area contributed by atoms with Gasteiger partial charge in [-0.15, -0.1) is 11.8 Å².